The van der Waals surface area contributed by atoms with Crippen molar-refractivity contribution in [3.05, 3.63) is 36.0 Å². The Morgan fingerprint density at radius 2 is 1.88 bits per heavy atom. The molecule has 2 atom stereocenters. The minimum Gasteiger partial charge on any atom is -0.480 e. The highest BCUT2D eigenvalue weighted by molar-refractivity contribution is 7.81. The van der Waals surface area contributed by atoms with Gasteiger partial charge in [-0.05, 0) is 43.2 Å². The summed E-state index contributed by atoms with van der Waals surface area (Å²) in [5, 5.41) is 15.9. The van der Waals surface area contributed by atoms with Crippen LogP contribution in [0.3, 0.4) is 0 Å². The molecular formula is C24H31N3O5S. The highest BCUT2D eigenvalue weighted by Crippen LogP contribution is 2.32. The predicted octanol–water partition coefficient (Wildman–Crippen LogP) is 2.43. The van der Waals surface area contributed by atoms with Crippen LogP contribution in [0.1, 0.15) is 44.1 Å². The van der Waals surface area contributed by atoms with E-state index in [9.17, 15) is 19.5 Å². The third-order valence-corrected chi connectivity index (χ3v) is 7.59. The van der Waals surface area contributed by atoms with Gasteiger partial charge in [0, 0.05) is 36.7 Å². The average Bonchev–Trinajstić information content (AvgIpc) is 3.46. The van der Waals surface area contributed by atoms with Crippen molar-refractivity contribution in [1.29, 1.82) is 0 Å². The maximum Gasteiger partial charge on any atom is 0.326 e. The predicted molar refractivity (Wildman–Crippen MR) is 127 cm³/mol. The summed E-state index contributed by atoms with van der Waals surface area (Å²) in [7, 11) is 0. The van der Waals surface area contributed by atoms with Crippen LogP contribution in [0.15, 0.2) is 30.5 Å². The molecule has 1 saturated carbocycles. The van der Waals surface area contributed by atoms with Gasteiger partial charge in [0.2, 0.25) is 11.8 Å². The van der Waals surface area contributed by atoms with Crippen LogP contribution in [0.25, 0.3) is 10.9 Å². The maximum atomic E-state index is 13.4. The summed E-state index contributed by atoms with van der Waals surface area (Å²) in [5.41, 5.74) is 0.630. The molecule has 1 aromatic carbocycles. The fourth-order valence-electron chi connectivity index (χ4n) is 4.96. The molecule has 2 fully saturated rings. The molecule has 2 aliphatic rings. The number of aromatic nitrogens is 1. The lowest BCUT2D eigenvalue weighted by Crippen LogP contribution is -2.61. The monoisotopic (exact) mass is 473 g/mol. The van der Waals surface area contributed by atoms with Crippen molar-refractivity contribution in [2.24, 2.45) is 5.92 Å². The Labute approximate surface area is 198 Å². The molecule has 1 aliphatic carbocycles. The number of carboxylic acid groups (broad SMARTS) is 1. The molecule has 178 valence electrons. The van der Waals surface area contributed by atoms with E-state index in [0.29, 0.717) is 26.1 Å². The van der Waals surface area contributed by atoms with E-state index in [-0.39, 0.29) is 18.2 Å². The van der Waals surface area contributed by atoms with Crippen molar-refractivity contribution in [2.45, 2.75) is 61.8 Å². The first-order valence-electron chi connectivity index (χ1n) is 11.6. The summed E-state index contributed by atoms with van der Waals surface area (Å²) in [6.07, 6.45) is 5.99. The van der Waals surface area contributed by atoms with Crippen molar-refractivity contribution in [3.8, 4) is 0 Å². The number of hydrogen-bond acceptors (Lipinski definition) is 5. The summed E-state index contributed by atoms with van der Waals surface area (Å²) < 4.78 is 5.37. The number of para-hydroxylation sites is 1. The molecule has 0 radical (unpaired) electrons. The lowest BCUT2D eigenvalue weighted by molar-refractivity contribution is -0.143. The second-order valence-corrected chi connectivity index (χ2v) is 9.66. The summed E-state index contributed by atoms with van der Waals surface area (Å²) in [4.78, 5) is 41.5. The number of thiol groups is 1. The fourth-order valence-corrected chi connectivity index (χ4v) is 5.32. The van der Waals surface area contributed by atoms with E-state index >= 15 is 0 Å². The number of ether oxygens (including phenoxy) is 1. The first-order valence-corrected chi connectivity index (χ1v) is 12.1. The number of rotatable bonds is 8. The molecule has 0 spiro atoms. The van der Waals surface area contributed by atoms with Gasteiger partial charge in [0.25, 0.3) is 0 Å². The van der Waals surface area contributed by atoms with Crippen LogP contribution in [0.5, 0.6) is 0 Å². The lowest BCUT2D eigenvalue weighted by atomic mass is 9.92. The number of aliphatic carboxylic acids is 1. The Balaban J connectivity index is 1.46. The zero-order chi connectivity index (χ0) is 23.4. The van der Waals surface area contributed by atoms with Crippen molar-refractivity contribution in [2.75, 3.05) is 13.2 Å². The topological polar surface area (TPSA) is 121 Å². The van der Waals surface area contributed by atoms with E-state index in [1.165, 1.54) is 0 Å². The maximum absolute atomic E-state index is 13.4. The Bertz CT molecular complexity index is 1010. The molecule has 2 heterocycles. The third-order valence-electron chi connectivity index (χ3n) is 6.94. The second kappa shape index (κ2) is 10.2. The quantitative estimate of drug-likeness (QED) is 0.377. The van der Waals surface area contributed by atoms with Crippen LogP contribution in [0, 0.1) is 5.92 Å². The Hall–Kier alpha value is -2.52. The molecule has 33 heavy (non-hydrogen) atoms. The zero-order valence-electron chi connectivity index (χ0n) is 18.5. The van der Waals surface area contributed by atoms with Gasteiger partial charge in [-0.2, -0.15) is 12.6 Å². The fraction of sp³-hybridized carbons (Fsp3) is 0.542. The highest BCUT2D eigenvalue weighted by atomic mass is 32.1. The summed E-state index contributed by atoms with van der Waals surface area (Å²) >= 11 is 4.55. The van der Waals surface area contributed by atoms with E-state index in [4.69, 9.17) is 4.74 Å². The van der Waals surface area contributed by atoms with E-state index in [1.54, 1.807) is 6.20 Å². The van der Waals surface area contributed by atoms with Crippen LogP contribution in [0.4, 0.5) is 0 Å². The molecular weight excluding hydrogens is 442 g/mol. The third kappa shape index (κ3) is 5.19. The van der Waals surface area contributed by atoms with Crippen LogP contribution in [-0.4, -0.2) is 57.9 Å². The molecule has 2 amide bonds. The number of carboxylic acids is 1. The highest BCUT2D eigenvalue weighted by Gasteiger charge is 2.45. The minimum absolute atomic E-state index is 0.0947. The zero-order valence-corrected chi connectivity index (χ0v) is 19.4. The lowest BCUT2D eigenvalue weighted by Gasteiger charge is -2.33. The van der Waals surface area contributed by atoms with Crippen molar-refractivity contribution >= 4 is 41.3 Å². The molecule has 1 aliphatic heterocycles. The molecule has 9 heteroatoms. The number of hydrogen-bond donors (Lipinski definition) is 5. The summed E-state index contributed by atoms with van der Waals surface area (Å²) in [6.45, 7) is 1.21. The van der Waals surface area contributed by atoms with Crippen molar-refractivity contribution in [1.82, 2.24) is 15.6 Å². The van der Waals surface area contributed by atoms with E-state index in [1.807, 2.05) is 24.3 Å². The van der Waals surface area contributed by atoms with Crippen LogP contribution < -0.4 is 10.6 Å². The van der Waals surface area contributed by atoms with Gasteiger partial charge in [0.15, 0.2) is 0 Å². The molecule has 0 bridgehead atoms. The Morgan fingerprint density at radius 1 is 1.18 bits per heavy atom. The number of fused-ring (bicyclic) bond motifs is 1. The Kier molecular flexibility index (Phi) is 7.29. The first-order chi connectivity index (χ1) is 15.9. The number of nitrogens with one attached hydrogen (secondary N) is 3. The van der Waals surface area contributed by atoms with Gasteiger partial charge in [0.05, 0.1) is 5.25 Å². The van der Waals surface area contributed by atoms with Crippen LogP contribution in [0.2, 0.25) is 0 Å². The van der Waals surface area contributed by atoms with Gasteiger partial charge in [0.1, 0.15) is 11.6 Å². The Morgan fingerprint density at radius 3 is 2.58 bits per heavy atom. The van der Waals surface area contributed by atoms with E-state index in [0.717, 1.165) is 42.1 Å². The number of H-pyrrole nitrogens is 1. The standard InChI is InChI=1S/C24H31N3O5S/c28-21(20(33)15-7-11-32-12-8-15)27-24(9-3-4-10-24)23(31)26-19(22(29)30)13-16-14-25-18-6-2-1-5-17(16)18/h1-2,5-6,14-15,19-20,25,33H,3-4,7-13H2,(H,26,31)(H,27,28)(H,29,30). The van der Waals surface area contributed by atoms with Gasteiger partial charge in [-0.1, -0.05) is 31.0 Å². The average molecular weight is 474 g/mol. The SMILES string of the molecule is O=C(O)C(Cc1c[nH]c2ccccc12)NC(=O)C1(NC(=O)C(S)C2CCOCC2)CCCC1. The van der Waals surface area contributed by atoms with Crippen LogP contribution >= 0.6 is 12.6 Å². The molecule has 8 nitrogen and oxygen atoms in total. The van der Waals surface area contributed by atoms with Gasteiger partial charge >= 0.3 is 5.97 Å². The van der Waals surface area contributed by atoms with Crippen LogP contribution in [-0.2, 0) is 25.5 Å². The van der Waals surface area contributed by atoms with Gasteiger partial charge < -0.3 is 25.5 Å². The summed E-state index contributed by atoms with van der Waals surface area (Å²) in [6, 6.07) is 6.53. The molecule has 1 aromatic heterocycles. The molecule has 4 rings (SSSR count). The minimum atomic E-state index is -1.11. The van der Waals surface area contributed by atoms with Crippen molar-refractivity contribution < 1.29 is 24.2 Å². The molecule has 4 N–H and O–H groups in total. The number of amides is 2. The van der Waals surface area contributed by atoms with Crippen molar-refractivity contribution in [3.63, 3.8) is 0 Å². The number of benzene rings is 1. The smallest absolute Gasteiger partial charge is 0.326 e. The van der Waals surface area contributed by atoms with E-state index in [2.05, 4.69) is 28.2 Å². The molecule has 2 unspecified atom stereocenters. The van der Waals surface area contributed by atoms with Gasteiger partial charge in [-0.15, -0.1) is 0 Å². The summed E-state index contributed by atoms with van der Waals surface area (Å²) in [5.74, 6) is -1.72. The van der Waals surface area contributed by atoms with Gasteiger partial charge in [-0.3, -0.25) is 9.59 Å². The number of carbonyl (C=O) groups is 3. The number of aromatic amines is 1. The van der Waals surface area contributed by atoms with Gasteiger partial charge in [-0.25, -0.2) is 4.79 Å². The first kappa shape index (κ1) is 23.6. The second-order valence-electron chi connectivity index (χ2n) is 9.10. The molecule has 2 aromatic rings. The number of carbonyl (C=O) groups excluding carboxylic acids is 2. The normalized spacial score (nSPS) is 20.3. The molecule has 1 saturated heterocycles. The largest absolute Gasteiger partial charge is 0.480 e. The van der Waals surface area contributed by atoms with E-state index < -0.39 is 28.7 Å².